The third kappa shape index (κ3) is 5.66. The van der Waals surface area contributed by atoms with Gasteiger partial charge in [0.25, 0.3) is 0 Å². The molecule has 0 fully saturated rings. The quantitative estimate of drug-likeness (QED) is 0.203. The molecule has 0 radical (unpaired) electrons. The van der Waals surface area contributed by atoms with Crippen molar-refractivity contribution in [3.63, 3.8) is 0 Å². The van der Waals surface area contributed by atoms with E-state index in [1.165, 1.54) is 47.7 Å². The Balaban J connectivity index is 1.73. The zero-order chi connectivity index (χ0) is 29.8. The minimum absolute atomic E-state index is 0.0757. The monoisotopic (exact) mass is 666 g/mol. The summed E-state index contributed by atoms with van der Waals surface area (Å²) in [5, 5.41) is 1.54. The van der Waals surface area contributed by atoms with Crippen LogP contribution in [0.5, 0.6) is 0 Å². The number of benzene rings is 4. The molecule has 0 bridgehead atoms. The van der Waals surface area contributed by atoms with Crippen molar-refractivity contribution in [1.82, 2.24) is 0 Å². The Morgan fingerprint density at radius 3 is 1.45 bits per heavy atom. The van der Waals surface area contributed by atoms with Crippen molar-refractivity contribution in [2.75, 3.05) is 0 Å². The van der Waals surface area contributed by atoms with E-state index in [0.717, 1.165) is 10.0 Å². The summed E-state index contributed by atoms with van der Waals surface area (Å²) in [6.45, 7) is 13.9. The van der Waals surface area contributed by atoms with Crippen molar-refractivity contribution in [2.45, 2.75) is 59.6 Å². The second-order valence-corrected chi connectivity index (χ2v) is 21.1. The molecule has 212 valence electrons. The molecule has 0 amide bonds. The van der Waals surface area contributed by atoms with Gasteiger partial charge in [0.15, 0.2) is 0 Å². The first-order chi connectivity index (χ1) is 19.9. The zero-order valence-corrected chi connectivity index (χ0v) is 29.3. The van der Waals surface area contributed by atoms with Gasteiger partial charge in [-0.05, 0) is 0 Å². The van der Waals surface area contributed by atoms with Gasteiger partial charge in [-0.3, -0.25) is 0 Å². The van der Waals surface area contributed by atoms with Crippen molar-refractivity contribution < 1.29 is 21.3 Å². The predicted octanol–water partition coefficient (Wildman–Crippen LogP) is 11.5. The SMILES string of the molecule is CC(C)(C)c1ccc2c(c1)-c1cc(C(C)(C)C)ccc1[CH]2[Zr](=[C](c1cccc(Cl)c1)c1cccc(Cl)c1)[CH]1C=CC=C1. The summed E-state index contributed by atoms with van der Waals surface area (Å²) >= 11 is 10.6. The molecule has 0 aliphatic heterocycles. The summed E-state index contributed by atoms with van der Waals surface area (Å²) in [5.74, 6) is 0. The van der Waals surface area contributed by atoms with Crippen LogP contribution in [0.3, 0.4) is 0 Å². The van der Waals surface area contributed by atoms with Gasteiger partial charge in [-0.1, -0.05) is 0 Å². The van der Waals surface area contributed by atoms with Gasteiger partial charge in [0.2, 0.25) is 0 Å². The molecule has 4 aromatic rings. The van der Waals surface area contributed by atoms with Crippen molar-refractivity contribution in [2.24, 2.45) is 0 Å². The molecule has 0 atom stereocenters. The van der Waals surface area contributed by atoms with Crippen LogP contribution in [-0.4, -0.2) is 3.21 Å². The molecule has 0 nitrogen and oxygen atoms in total. The van der Waals surface area contributed by atoms with Crippen LogP contribution in [0.1, 0.15) is 78.5 Å². The molecule has 6 rings (SSSR count). The van der Waals surface area contributed by atoms with Crippen molar-refractivity contribution >= 4 is 26.4 Å². The fraction of sp³-hybridized carbons (Fsp3) is 0.256. The van der Waals surface area contributed by atoms with Crippen LogP contribution in [0.2, 0.25) is 13.7 Å². The van der Waals surface area contributed by atoms with Crippen molar-refractivity contribution in [1.29, 1.82) is 0 Å². The number of hydrogen-bond acceptors (Lipinski definition) is 0. The van der Waals surface area contributed by atoms with E-state index in [1.807, 2.05) is 12.1 Å². The van der Waals surface area contributed by atoms with Gasteiger partial charge in [0.1, 0.15) is 0 Å². The van der Waals surface area contributed by atoms with Crippen LogP contribution in [0.15, 0.2) is 109 Å². The van der Waals surface area contributed by atoms with E-state index in [2.05, 4.69) is 139 Å². The van der Waals surface area contributed by atoms with E-state index in [9.17, 15) is 0 Å². The normalized spacial score (nSPS) is 14.8. The van der Waals surface area contributed by atoms with Crippen molar-refractivity contribution in [3.8, 4) is 11.1 Å². The van der Waals surface area contributed by atoms with Crippen LogP contribution < -0.4 is 0 Å². The third-order valence-corrected chi connectivity index (χ3v) is 17.8. The topological polar surface area (TPSA) is 0 Å². The summed E-state index contributed by atoms with van der Waals surface area (Å²) in [7, 11) is 0. The molecule has 0 heterocycles. The summed E-state index contributed by atoms with van der Waals surface area (Å²) in [6, 6.07) is 31.6. The second kappa shape index (κ2) is 11.3. The first-order valence-corrected chi connectivity index (χ1v) is 19.6. The molecule has 0 aromatic heterocycles. The molecule has 4 aromatic carbocycles. The van der Waals surface area contributed by atoms with E-state index in [-0.39, 0.29) is 10.8 Å². The number of fused-ring (bicyclic) bond motifs is 3. The Morgan fingerprint density at radius 1 is 0.595 bits per heavy atom. The van der Waals surface area contributed by atoms with E-state index in [1.54, 1.807) is 0 Å². The van der Waals surface area contributed by atoms with Gasteiger partial charge in [-0.25, -0.2) is 0 Å². The van der Waals surface area contributed by atoms with Crippen LogP contribution in [0.4, 0.5) is 0 Å². The number of allylic oxidation sites excluding steroid dienone is 4. The number of rotatable bonds is 4. The Kier molecular flexibility index (Phi) is 8.02. The number of halogens is 2. The third-order valence-electron chi connectivity index (χ3n) is 8.68. The molecule has 0 N–H and O–H groups in total. The zero-order valence-electron chi connectivity index (χ0n) is 25.3. The van der Waals surface area contributed by atoms with E-state index in [4.69, 9.17) is 23.2 Å². The molecule has 0 spiro atoms. The fourth-order valence-corrected chi connectivity index (χ4v) is 16.2. The molecule has 42 heavy (non-hydrogen) atoms. The molecule has 0 saturated carbocycles. The molecule has 2 aliphatic carbocycles. The summed E-state index contributed by atoms with van der Waals surface area (Å²) in [4.78, 5) is 0. The maximum absolute atomic E-state index is 6.67. The standard InChI is InChI=1S/C21H25.C13H8Cl2.C5H5.Zr/c1-20(2,3)16-9-7-14-11-15-8-10-17(21(4,5)6)13-19(15)18(14)12-16;14-12-5-1-3-10(8-12)7-11-4-2-6-13(15)9-11;1-2-4-5-3-1;/h7-13H,1-6H3;1-6,8-9H;1-5H;. The van der Waals surface area contributed by atoms with Crippen LogP contribution in [0.25, 0.3) is 11.1 Å². The molecule has 2 aliphatic rings. The molecular weight excluding hydrogens is 631 g/mol. The van der Waals surface area contributed by atoms with Gasteiger partial charge < -0.3 is 0 Å². The summed E-state index contributed by atoms with van der Waals surface area (Å²) in [6.07, 6.45) is 9.35. The Morgan fingerprint density at radius 2 is 1.05 bits per heavy atom. The van der Waals surface area contributed by atoms with E-state index in [0.29, 0.717) is 7.25 Å². The average Bonchev–Trinajstić information content (AvgIpc) is 3.57. The Labute approximate surface area is 269 Å². The van der Waals surface area contributed by atoms with E-state index < -0.39 is 21.3 Å². The molecule has 0 unspecified atom stereocenters. The van der Waals surface area contributed by atoms with Crippen LogP contribution in [-0.2, 0) is 32.1 Å². The minimum atomic E-state index is -2.76. The molecular formula is C39H38Cl2Zr. The van der Waals surface area contributed by atoms with E-state index >= 15 is 0 Å². The van der Waals surface area contributed by atoms with Gasteiger partial charge >= 0.3 is 271 Å². The first kappa shape index (κ1) is 29.8. The first-order valence-electron chi connectivity index (χ1n) is 14.8. The molecule has 3 heteroatoms. The summed E-state index contributed by atoms with van der Waals surface area (Å²) < 4.78 is 2.23. The van der Waals surface area contributed by atoms with Gasteiger partial charge in [0, 0.05) is 0 Å². The predicted molar refractivity (Wildman–Crippen MR) is 179 cm³/mol. The van der Waals surface area contributed by atoms with Gasteiger partial charge in [-0.2, -0.15) is 0 Å². The van der Waals surface area contributed by atoms with Gasteiger partial charge in [-0.15, -0.1) is 0 Å². The van der Waals surface area contributed by atoms with Crippen molar-refractivity contribution in [3.05, 3.63) is 153 Å². The number of hydrogen-bond donors (Lipinski definition) is 0. The van der Waals surface area contributed by atoms with Crippen LogP contribution >= 0.6 is 23.2 Å². The van der Waals surface area contributed by atoms with Gasteiger partial charge in [0.05, 0.1) is 0 Å². The Hall–Kier alpha value is -2.31. The summed E-state index contributed by atoms with van der Waals surface area (Å²) in [5.41, 5.74) is 11.1. The molecule has 0 saturated heterocycles. The van der Waals surface area contributed by atoms with Crippen LogP contribution in [0, 0.1) is 0 Å². The second-order valence-electron chi connectivity index (χ2n) is 13.7. The maximum atomic E-state index is 6.67. The fourth-order valence-electron chi connectivity index (χ4n) is 6.45. The Bertz CT molecular complexity index is 1650. The average molecular weight is 669 g/mol.